The van der Waals surface area contributed by atoms with Crippen LogP contribution >= 0.6 is 11.3 Å². The van der Waals surface area contributed by atoms with Gasteiger partial charge in [-0.05, 0) is 41.8 Å². The van der Waals surface area contributed by atoms with Crippen LogP contribution in [-0.4, -0.2) is 40.3 Å². The fourth-order valence-electron chi connectivity index (χ4n) is 3.52. The minimum Gasteiger partial charge on any atom is -0.493 e. The molecule has 142 valence electrons. The summed E-state index contributed by atoms with van der Waals surface area (Å²) in [5.74, 6) is 1.54. The first-order valence-electron chi connectivity index (χ1n) is 9.00. The van der Waals surface area contributed by atoms with E-state index in [-0.39, 0.29) is 0 Å². The summed E-state index contributed by atoms with van der Waals surface area (Å²) < 4.78 is 12.7. The third kappa shape index (κ3) is 2.86. The zero-order valence-corrected chi connectivity index (χ0v) is 16.4. The first-order chi connectivity index (χ1) is 13.7. The second-order valence-corrected chi connectivity index (χ2v) is 7.56. The molecule has 0 saturated carbocycles. The van der Waals surface area contributed by atoms with Crippen molar-refractivity contribution in [1.82, 2.24) is 19.6 Å². The van der Waals surface area contributed by atoms with Gasteiger partial charge < -0.3 is 14.4 Å². The lowest BCUT2D eigenvalue weighted by molar-refractivity contribution is 0.353. The summed E-state index contributed by atoms with van der Waals surface area (Å²) in [6.07, 6.45) is 6.48. The number of hydrogen-bond donors (Lipinski definition) is 0. The monoisotopic (exact) mass is 393 g/mol. The van der Waals surface area contributed by atoms with E-state index in [1.54, 1.807) is 31.8 Å². The van der Waals surface area contributed by atoms with E-state index in [1.165, 1.54) is 11.1 Å². The quantitative estimate of drug-likeness (QED) is 0.529. The number of aromatic nitrogens is 4. The Labute approximate surface area is 166 Å². The van der Waals surface area contributed by atoms with Crippen molar-refractivity contribution < 1.29 is 9.47 Å². The van der Waals surface area contributed by atoms with Crippen molar-refractivity contribution in [3.63, 3.8) is 0 Å². The Morgan fingerprint density at radius 1 is 1.11 bits per heavy atom. The number of benzene rings is 1. The standard InChI is InChI=1S/C20H19N5O2S/c1-26-17-8-13-5-7-24(11-15(13)9-18(17)27-2)20-23-25-12-16(22-19(25)28-20)14-4-3-6-21-10-14/h3-4,6,8-10,12H,5,7,11H2,1-2H3. The highest BCUT2D eigenvalue weighted by molar-refractivity contribution is 7.20. The van der Waals surface area contributed by atoms with E-state index in [9.17, 15) is 0 Å². The average molecular weight is 393 g/mol. The van der Waals surface area contributed by atoms with Gasteiger partial charge in [-0.15, -0.1) is 5.10 Å². The largest absolute Gasteiger partial charge is 0.493 e. The Morgan fingerprint density at radius 2 is 1.93 bits per heavy atom. The molecule has 0 fully saturated rings. The number of methoxy groups -OCH3 is 2. The molecule has 1 aromatic carbocycles. The maximum Gasteiger partial charge on any atom is 0.214 e. The highest BCUT2D eigenvalue weighted by atomic mass is 32.1. The smallest absolute Gasteiger partial charge is 0.214 e. The molecule has 7 nitrogen and oxygen atoms in total. The lowest BCUT2D eigenvalue weighted by Crippen LogP contribution is -2.30. The van der Waals surface area contributed by atoms with Gasteiger partial charge in [-0.2, -0.15) is 0 Å². The third-order valence-corrected chi connectivity index (χ3v) is 5.96. The molecule has 4 aromatic rings. The maximum atomic E-state index is 5.46. The van der Waals surface area contributed by atoms with Crippen molar-refractivity contribution in [2.75, 3.05) is 25.7 Å². The molecule has 0 atom stereocenters. The lowest BCUT2D eigenvalue weighted by atomic mass is 9.99. The van der Waals surface area contributed by atoms with E-state index >= 15 is 0 Å². The summed E-state index contributed by atoms with van der Waals surface area (Å²) in [5, 5.41) is 5.73. The van der Waals surface area contributed by atoms with E-state index in [2.05, 4.69) is 22.0 Å². The van der Waals surface area contributed by atoms with Gasteiger partial charge in [-0.1, -0.05) is 11.3 Å². The summed E-state index contributed by atoms with van der Waals surface area (Å²) in [7, 11) is 3.34. The van der Waals surface area contributed by atoms with Crippen molar-refractivity contribution in [1.29, 1.82) is 0 Å². The van der Waals surface area contributed by atoms with Crippen LogP contribution < -0.4 is 14.4 Å². The summed E-state index contributed by atoms with van der Waals surface area (Å²) in [6, 6.07) is 8.07. The minimum atomic E-state index is 0.762. The van der Waals surface area contributed by atoms with Gasteiger partial charge in [0.15, 0.2) is 11.5 Å². The molecule has 5 rings (SSSR count). The maximum absolute atomic E-state index is 5.46. The molecule has 1 aliphatic heterocycles. The van der Waals surface area contributed by atoms with Gasteiger partial charge in [0.2, 0.25) is 10.1 Å². The highest BCUT2D eigenvalue weighted by Gasteiger charge is 2.22. The van der Waals surface area contributed by atoms with Gasteiger partial charge in [0.25, 0.3) is 0 Å². The first-order valence-corrected chi connectivity index (χ1v) is 9.82. The van der Waals surface area contributed by atoms with Crippen LogP contribution in [0.1, 0.15) is 11.1 Å². The van der Waals surface area contributed by atoms with Gasteiger partial charge in [0.05, 0.1) is 26.1 Å². The fraction of sp³-hybridized carbons (Fsp3) is 0.250. The highest BCUT2D eigenvalue weighted by Crippen LogP contribution is 2.35. The van der Waals surface area contributed by atoms with Crippen molar-refractivity contribution in [2.45, 2.75) is 13.0 Å². The van der Waals surface area contributed by atoms with Crippen molar-refractivity contribution in [3.05, 3.63) is 54.0 Å². The number of pyridine rings is 1. The molecule has 0 N–H and O–H groups in total. The second-order valence-electron chi connectivity index (χ2n) is 6.63. The van der Waals surface area contributed by atoms with Crippen molar-refractivity contribution in [3.8, 4) is 22.8 Å². The Bertz CT molecular complexity index is 1110. The van der Waals surface area contributed by atoms with Crippen LogP contribution in [0, 0.1) is 0 Å². The molecule has 1 aliphatic rings. The Hall–Kier alpha value is -3.13. The predicted octanol–water partition coefficient (Wildman–Crippen LogP) is 3.43. The number of fused-ring (bicyclic) bond motifs is 2. The van der Waals surface area contributed by atoms with Crippen LogP contribution in [0.2, 0.25) is 0 Å². The molecule has 0 radical (unpaired) electrons. The summed E-state index contributed by atoms with van der Waals surface area (Å²) in [5.41, 5.74) is 4.43. The van der Waals surface area contributed by atoms with Gasteiger partial charge in [-0.25, -0.2) is 9.50 Å². The third-order valence-electron chi connectivity index (χ3n) is 4.98. The van der Waals surface area contributed by atoms with Crippen molar-refractivity contribution >= 4 is 21.4 Å². The normalized spacial score (nSPS) is 13.6. The molecule has 0 spiro atoms. The van der Waals surface area contributed by atoms with Gasteiger partial charge >= 0.3 is 0 Å². The number of ether oxygens (including phenoxy) is 2. The van der Waals surface area contributed by atoms with E-state index in [0.29, 0.717) is 0 Å². The summed E-state index contributed by atoms with van der Waals surface area (Å²) >= 11 is 1.60. The molecule has 0 amide bonds. The molecule has 0 bridgehead atoms. The Balaban J connectivity index is 1.43. The average Bonchev–Trinajstić information content (AvgIpc) is 3.32. The van der Waals surface area contributed by atoms with E-state index in [0.717, 1.165) is 52.4 Å². The van der Waals surface area contributed by atoms with Crippen LogP contribution in [0.25, 0.3) is 16.2 Å². The number of nitrogens with zero attached hydrogens (tertiary/aromatic N) is 5. The fourth-order valence-corrected chi connectivity index (χ4v) is 4.43. The van der Waals surface area contributed by atoms with Gasteiger partial charge in [0, 0.05) is 31.0 Å². The first kappa shape index (κ1) is 17.0. The van der Waals surface area contributed by atoms with Crippen LogP contribution in [0.4, 0.5) is 5.13 Å². The van der Waals surface area contributed by atoms with E-state index in [4.69, 9.17) is 19.6 Å². The number of anilines is 1. The lowest BCUT2D eigenvalue weighted by Gasteiger charge is -2.28. The molecule has 28 heavy (non-hydrogen) atoms. The van der Waals surface area contributed by atoms with E-state index < -0.39 is 0 Å². The zero-order valence-electron chi connectivity index (χ0n) is 15.6. The summed E-state index contributed by atoms with van der Waals surface area (Å²) in [4.78, 5) is 12.0. The number of hydrogen-bond acceptors (Lipinski definition) is 7. The molecular formula is C20H19N5O2S. The predicted molar refractivity (Wildman–Crippen MR) is 108 cm³/mol. The van der Waals surface area contributed by atoms with Gasteiger partial charge in [-0.3, -0.25) is 4.98 Å². The van der Waals surface area contributed by atoms with Crippen molar-refractivity contribution in [2.24, 2.45) is 0 Å². The Morgan fingerprint density at radius 3 is 2.64 bits per heavy atom. The van der Waals surface area contributed by atoms with Crippen LogP contribution in [0.5, 0.6) is 11.5 Å². The summed E-state index contributed by atoms with van der Waals surface area (Å²) in [6.45, 7) is 1.70. The molecule has 0 saturated heterocycles. The molecule has 0 aliphatic carbocycles. The number of rotatable bonds is 4. The minimum absolute atomic E-state index is 0.762. The molecule has 4 heterocycles. The number of imidazole rings is 1. The topological polar surface area (TPSA) is 64.8 Å². The van der Waals surface area contributed by atoms with Gasteiger partial charge in [0.1, 0.15) is 0 Å². The molecule has 8 heteroatoms. The SMILES string of the molecule is COc1cc2c(cc1OC)CN(c1nn3cc(-c4cccnc4)nc3s1)CC2. The Kier molecular flexibility index (Phi) is 4.12. The van der Waals surface area contributed by atoms with E-state index in [1.807, 2.05) is 29.0 Å². The second kappa shape index (κ2) is 6.79. The zero-order chi connectivity index (χ0) is 19.1. The molecule has 3 aromatic heterocycles. The van der Waals surface area contributed by atoms with Crippen LogP contribution in [-0.2, 0) is 13.0 Å². The molecular weight excluding hydrogens is 374 g/mol. The van der Waals surface area contributed by atoms with Crippen LogP contribution in [0.15, 0.2) is 42.9 Å². The molecule has 0 unspecified atom stereocenters. The van der Waals surface area contributed by atoms with Crippen LogP contribution in [0.3, 0.4) is 0 Å².